The van der Waals surface area contributed by atoms with Crippen LogP contribution in [0.3, 0.4) is 0 Å². The van der Waals surface area contributed by atoms with E-state index < -0.39 is 6.10 Å². The summed E-state index contributed by atoms with van der Waals surface area (Å²) in [6.07, 6.45) is 4.04. The first kappa shape index (κ1) is 22.4. The Kier molecular flexibility index (Phi) is 9.02. The maximum absolute atomic E-state index is 12.3. The maximum Gasteiger partial charge on any atom is 0.164 e. The standard InChI is InChI=1S/C19H22N2O3.2ClH/c1-24-16-8-15(10-20-12-16)18(22)6-7-19(23)17-9-13-4-2-3-5-14(13)11-21-17;;/h2-5,8,10,12,17,19,21,23H,6-7,9,11H2,1H3;2*1H/t17-,19+;;/m0../s1. The van der Waals surface area contributed by atoms with Gasteiger partial charge in [0, 0.05) is 30.8 Å². The van der Waals surface area contributed by atoms with Gasteiger partial charge in [0.2, 0.25) is 0 Å². The van der Waals surface area contributed by atoms with E-state index >= 15 is 0 Å². The third-order valence-corrected chi connectivity index (χ3v) is 4.52. The lowest BCUT2D eigenvalue weighted by Gasteiger charge is -2.29. The summed E-state index contributed by atoms with van der Waals surface area (Å²) in [7, 11) is 1.54. The summed E-state index contributed by atoms with van der Waals surface area (Å²) in [6, 6.07) is 9.91. The van der Waals surface area contributed by atoms with Gasteiger partial charge in [-0.1, -0.05) is 24.3 Å². The van der Waals surface area contributed by atoms with E-state index in [4.69, 9.17) is 4.74 Å². The molecule has 0 spiro atoms. The molecule has 2 heterocycles. The number of Topliss-reactive ketones (excluding diaryl/α,β-unsaturated/α-hetero) is 1. The van der Waals surface area contributed by atoms with Crippen LogP contribution in [0.2, 0.25) is 0 Å². The van der Waals surface area contributed by atoms with E-state index in [0.29, 0.717) is 17.7 Å². The number of hydrogen-bond donors (Lipinski definition) is 2. The van der Waals surface area contributed by atoms with Crippen LogP contribution in [0.15, 0.2) is 42.7 Å². The number of ketones is 1. The summed E-state index contributed by atoms with van der Waals surface area (Å²) in [4.78, 5) is 16.3. The first-order chi connectivity index (χ1) is 11.7. The zero-order chi connectivity index (χ0) is 16.9. The molecule has 0 saturated heterocycles. The molecule has 1 aliphatic rings. The van der Waals surface area contributed by atoms with E-state index in [1.165, 1.54) is 17.3 Å². The lowest BCUT2D eigenvalue weighted by atomic mass is 9.91. The quantitative estimate of drug-likeness (QED) is 0.731. The highest BCUT2D eigenvalue weighted by atomic mass is 35.5. The van der Waals surface area contributed by atoms with E-state index in [0.717, 1.165) is 13.0 Å². The predicted octanol–water partition coefficient (Wildman–Crippen LogP) is 2.97. The van der Waals surface area contributed by atoms with Crippen molar-refractivity contribution in [1.29, 1.82) is 0 Å². The van der Waals surface area contributed by atoms with Gasteiger partial charge >= 0.3 is 0 Å². The molecule has 2 N–H and O–H groups in total. The van der Waals surface area contributed by atoms with Crippen LogP contribution in [0.4, 0.5) is 0 Å². The maximum atomic E-state index is 12.3. The van der Waals surface area contributed by atoms with Gasteiger partial charge in [0.25, 0.3) is 0 Å². The number of benzene rings is 1. The average Bonchev–Trinajstić information content (AvgIpc) is 2.65. The first-order valence-corrected chi connectivity index (χ1v) is 8.18. The Hall–Kier alpha value is -1.66. The number of ether oxygens (including phenoxy) is 1. The number of nitrogens with one attached hydrogen (secondary N) is 1. The summed E-state index contributed by atoms with van der Waals surface area (Å²) in [5, 5.41) is 13.8. The van der Waals surface area contributed by atoms with Crippen molar-refractivity contribution < 1.29 is 14.6 Å². The van der Waals surface area contributed by atoms with Crippen LogP contribution in [0.25, 0.3) is 0 Å². The van der Waals surface area contributed by atoms with E-state index in [2.05, 4.69) is 22.4 Å². The second kappa shape index (κ2) is 10.5. The zero-order valence-electron chi connectivity index (χ0n) is 14.6. The zero-order valence-corrected chi connectivity index (χ0v) is 16.2. The summed E-state index contributed by atoms with van der Waals surface area (Å²) in [5.41, 5.74) is 3.06. The van der Waals surface area contributed by atoms with Crippen LogP contribution >= 0.6 is 24.8 Å². The topological polar surface area (TPSA) is 71.5 Å². The molecule has 142 valence electrons. The largest absolute Gasteiger partial charge is 0.495 e. The van der Waals surface area contributed by atoms with Gasteiger partial charge < -0.3 is 15.2 Å². The summed E-state index contributed by atoms with van der Waals surface area (Å²) in [5.74, 6) is 0.531. The lowest BCUT2D eigenvalue weighted by molar-refractivity contribution is 0.0877. The van der Waals surface area contributed by atoms with E-state index in [-0.39, 0.29) is 43.1 Å². The highest BCUT2D eigenvalue weighted by Gasteiger charge is 2.24. The molecule has 0 saturated carbocycles. The number of methoxy groups -OCH3 is 1. The van der Waals surface area contributed by atoms with Crippen LogP contribution in [-0.4, -0.2) is 35.1 Å². The number of carbonyl (C=O) groups is 1. The molecule has 0 bridgehead atoms. The van der Waals surface area contributed by atoms with Crippen LogP contribution < -0.4 is 10.1 Å². The van der Waals surface area contributed by atoms with Gasteiger partial charge in [0.15, 0.2) is 5.78 Å². The number of pyridine rings is 1. The fourth-order valence-electron chi connectivity index (χ4n) is 3.06. The molecule has 1 aromatic heterocycles. The lowest BCUT2D eigenvalue weighted by Crippen LogP contribution is -2.44. The van der Waals surface area contributed by atoms with Gasteiger partial charge in [-0.2, -0.15) is 0 Å². The molecule has 0 fully saturated rings. The second-order valence-electron chi connectivity index (χ2n) is 6.10. The van der Waals surface area contributed by atoms with Crippen molar-refractivity contribution in [3.63, 3.8) is 0 Å². The number of carbonyl (C=O) groups excluding carboxylic acids is 1. The summed E-state index contributed by atoms with van der Waals surface area (Å²) in [6.45, 7) is 0.756. The number of hydrogen-bond acceptors (Lipinski definition) is 5. The Morgan fingerprint density at radius 1 is 1.31 bits per heavy atom. The number of aliphatic hydroxyl groups is 1. The van der Waals surface area contributed by atoms with Crippen molar-refractivity contribution >= 4 is 30.6 Å². The highest BCUT2D eigenvalue weighted by molar-refractivity contribution is 5.96. The molecule has 2 aromatic rings. The van der Waals surface area contributed by atoms with Crippen molar-refractivity contribution in [2.45, 2.75) is 38.0 Å². The fourth-order valence-corrected chi connectivity index (χ4v) is 3.06. The molecule has 26 heavy (non-hydrogen) atoms. The fraction of sp³-hybridized carbons (Fsp3) is 0.368. The predicted molar refractivity (Wildman–Crippen MR) is 106 cm³/mol. The first-order valence-electron chi connectivity index (χ1n) is 8.18. The summed E-state index contributed by atoms with van der Waals surface area (Å²) < 4.78 is 5.08. The van der Waals surface area contributed by atoms with Crippen molar-refractivity contribution in [2.24, 2.45) is 0 Å². The van der Waals surface area contributed by atoms with Gasteiger partial charge in [0.1, 0.15) is 5.75 Å². The molecule has 1 aliphatic heterocycles. The molecule has 0 aliphatic carbocycles. The number of fused-ring (bicyclic) bond motifs is 1. The SMILES string of the molecule is COc1cncc(C(=O)CC[C@@H](O)[C@@H]2Cc3ccccc3CN2)c1.Cl.Cl. The smallest absolute Gasteiger partial charge is 0.164 e. The Labute approximate surface area is 166 Å². The van der Waals surface area contributed by atoms with E-state index in [1.807, 2.05) is 12.1 Å². The number of aromatic nitrogens is 1. The Morgan fingerprint density at radius 3 is 2.77 bits per heavy atom. The van der Waals surface area contributed by atoms with Crippen LogP contribution in [0.5, 0.6) is 5.75 Å². The van der Waals surface area contributed by atoms with Gasteiger partial charge in [-0.05, 0) is 30.0 Å². The highest BCUT2D eigenvalue weighted by Crippen LogP contribution is 2.20. The Bertz CT molecular complexity index is 727. The van der Waals surface area contributed by atoms with Crippen molar-refractivity contribution in [3.8, 4) is 5.75 Å². The molecule has 1 aromatic carbocycles. The molecule has 2 atom stereocenters. The molecular formula is C19H24Cl2N2O3. The number of rotatable bonds is 6. The minimum Gasteiger partial charge on any atom is -0.495 e. The van der Waals surface area contributed by atoms with Gasteiger partial charge in [-0.3, -0.25) is 9.78 Å². The monoisotopic (exact) mass is 398 g/mol. The van der Waals surface area contributed by atoms with E-state index in [1.54, 1.807) is 19.4 Å². The molecule has 5 nitrogen and oxygen atoms in total. The number of halogens is 2. The summed E-state index contributed by atoms with van der Waals surface area (Å²) >= 11 is 0. The Balaban J connectivity index is 0.00000169. The average molecular weight is 399 g/mol. The third kappa shape index (κ3) is 5.42. The van der Waals surface area contributed by atoms with E-state index in [9.17, 15) is 9.90 Å². The molecule has 0 amide bonds. The third-order valence-electron chi connectivity index (χ3n) is 4.52. The second-order valence-corrected chi connectivity index (χ2v) is 6.10. The minimum atomic E-state index is -0.555. The molecule has 3 rings (SSSR count). The van der Waals surface area contributed by atoms with Gasteiger partial charge in [-0.25, -0.2) is 0 Å². The molecule has 0 radical (unpaired) electrons. The van der Waals surface area contributed by atoms with Gasteiger partial charge in [0.05, 0.1) is 19.4 Å². The normalized spacial score (nSPS) is 16.5. The van der Waals surface area contributed by atoms with Crippen molar-refractivity contribution in [3.05, 3.63) is 59.4 Å². The van der Waals surface area contributed by atoms with Crippen LogP contribution in [-0.2, 0) is 13.0 Å². The molecule has 0 unspecified atom stereocenters. The number of aliphatic hydroxyl groups excluding tert-OH is 1. The van der Waals surface area contributed by atoms with Gasteiger partial charge in [-0.15, -0.1) is 24.8 Å². The van der Waals surface area contributed by atoms with Crippen LogP contribution in [0.1, 0.15) is 34.3 Å². The minimum absolute atomic E-state index is 0. The van der Waals surface area contributed by atoms with Crippen LogP contribution in [0, 0.1) is 0 Å². The Morgan fingerprint density at radius 2 is 2.04 bits per heavy atom. The van der Waals surface area contributed by atoms with Crippen molar-refractivity contribution in [2.75, 3.05) is 7.11 Å². The molecule has 7 heteroatoms. The van der Waals surface area contributed by atoms with Crippen molar-refractivity contribution in [1.82, 2.24) is 10.3 Å². The molecular weight excluding hydrogens is 375 g/mol. The number of nitrogens with zero attached hydrogens (tertiary/aromatic N) is 1.